The molecule has 0 aromatic heterocycles. The van der Waals surface area contributed by atoms with E-state index in [0.717, 1.165) is 0 Å². The van der Waals surface area contributed by atoms with E-state index < -0.39 is 15.5 Å². The largest absolute Gasteiger partial charge is 0.516 e. The zero-order valence-electron chi connectivity index (χ0n) is 8.52. The molecule has 10 heteroatoms. The van der Waals surface area contributed by atoms with Crippen molar-refractivity contribution in [2.75, 3.05) is 4.72 Å². The van der Waals surface area contributed by atoms with Crippen molar-refractivity contribution in [3.8, 4) is 0 Å². The number of alkyl halides is 3. The molecule has 1 aromatic carbocycles. The van der Waals surface area contributed by atoms with E-state index >= 15 is 0 Å². The standard InChI is InChI=1S/C8H6F3N3O2S2/c9-8(10,11)18(15,16)14-5-1-2-7-6(3-5)12-4-13-17-7/h1-4,14H,(H,12,13). The fraction of sp³-hybridized carbons (Fsp3) is 0.125. The molecule has 2 rings (SSSR count). The lowest BCUT2D eigenvalue weighted by atomic mass is 10.3. The molecule has 0 atom stereocenters. The van der Waals surface area contributed by atoms with Crippen molar-refractivity contribution in [3.63, 3.8) is 0 Å². The summed E-state index contributed by atoms with van der Waals surface area (Å²) >= 11 is 1.22. The van der Waals surface area contributed by atoms with Crippen molar-refractivity contribution >= 4 is 39.7 Å². The first-order valence-corrected chi connectivity index (χ1v) is 6.77. The van der Waals surface area contributed by atoms with Gasteiger partial charge in [0.2, 0.25) is 0 Å². The van der Waals surface area contributed by atoms with Gasteiger partial charge in [-0.05, 0) is 30.1 Å². The predicted molar refractivity (Wildman–Crippen MR) is 62.2 cm³/mol. The Balaban J connectivity index is 2.30. The minimum absolute atomic E-state index is 0.189. The Morgan fingerprint density at radius 1 is 1.33 bits per heavy atom. The normalized spacial score (nSPS) is 14.8. The number of hydrogen-bond donors (Lipinski definition) is 2. The predicted octanol–water partition coefficient (Wildman–Crippen LogP) is 2.22. The highest BCUT2D eigenvalue weighted by Gasteiger charge is 2.46. The molecule has 0 unspecified atom stereocenters. The van der Waals surface area contributed by atoms with Gasteiger partial charge in [0.05, 0.1) is 22.6 Å². The maximum Gasteiger partial charge on any atom is 0.516 e. The van der Waals surface area contributed by atoms with E-state index in [1.54, 1.807) is 0 Å². The van der Waals surface area contributed by atoms with Crippen molar-refractivity contribution < 1.29 is 21.6 Å². The van der Waals surface area contributed by atoms with Crippen LogP contribution in [-0.2, 0) is 10.0 Å². The SMILES string of the molecule is O=S(=O)(Nc1ccc2c(c1)N=CNS2)C(F)(F)F. The third kappa shape index (κ3) is 2.53. The van der Waals surface area contributed by atoms with E-state index in [1.165, 1.54) is 41.2 Å². The Bertz CT molecular complexity index is 598. The number of nitrogens with one attached hydrogen (secondary N) is 2. The second-order valence-electron chi connectivity index (χ2n) is 3.21. The van der Waals surface area contributed by atoms with Crippen LogP contribution >= 0.6 is 11.9 Å². The molecule has 0 radical (unpaired) electrons. The van der Waals surface area contributed by atoms with Crippen molar-refractivity contribution in [1.82, 2.24) is 4.72 Å². The van der Waals surface area contributed by atoms with Crippen LogP contribution in [-0.4, -0.2) is 20.3 Å². The van der Waals surface area contributed by atoms with Gasteiger partial charge in [0.25, 0.3) is 0 Å². The van der Waals surface area contributed by atoms with Crippen LogP contribution in [0.4, 0.5) is 24.5 Å². The van der Waals surface area contributed by atoms with E-state index in [1.807, 2.05) is 0 Å². The van der Waals surface area contributed by atoms with Gasteiger partial charge in [0.15, 0.2) is 0 Å². The first-order valence-electron chi connectivity index (χ1n) is 4.48. The summed E-state index contributed by atoms with van der Waals surface area (Å²) in [6.07, 6.45) is 1.36. The summed E-state index contributed by atoms with van der Waals surface area (Å²) < 4.78 is 62.5. The number of rotatable bonds is 2. The fourth-order valence-electron chi connectivity index (χ4n) is 1.17. The smallest absolute Gasteiger partial charge is 0.316 e. The number of halogens is 3. The van der Waals surface area contributed by atoms with E-state index in [4.69, 9.17) is 0 Å². The first kappa shape index (κ1) is 13.0. The molecular weight excluding hydrogens is 291 g/mol. The minimum atomic E-state index is -5.40. The van der Waals surface area contributed by atoms with Crippen LogP contribution < -0.4 is 9.44 Å². The monoisotopic (exact) mass is 297 g/mol. The molecular formula is C8H6F3N3O2S2. The summed E-state index contributed by atoms with van der Waals surface area (Å²) in [6, 6.07) is 3.93. The quantitative estimate of drug-likeness (QED) is 0.821. The average molecular weight is 297 g/mol. The number of hydrogen-bond acceptors (Lipinski definition) is 5. The zero-order valence-corrected chi connectivity index (χ0v) is 10.2. The lowest BCUT2D eigenvalue weighted by molar-refractivity contribution is -0.0429. The van der Waals surface area contributed by atoms with Crippen molar-refractivity contribution in [2.45, 2.75) is 10.4 Å². The van der Waals surface area contributed by atoms with Gasteiger partial charge < -0.3 is 4.72 Å². The number of aliphatic imine (C=N–C) groups is 1. The molecule has 0 spiro atoms. The summed E-state index contributed by atoms with van der Waals surface area (Å²) in [5.41, 5.74) is -5.14. The van der Waals surface area contributed by atoms with Gasteiger partial charge >= 0.3 is 15.5 Å². The topological polar surface area (TPSA) is 70.6 Å². The van der Waals surface area contributed by atoms with Crippen LogP contribution in [0.5, 0.6) is 0 Å². The molecule has 2 N–H and O–H groups in total. The number of nitrogens with zero attached hydrogens (tertiary/aromatic N) is 1. The van der Waals surface area contributed by atoms with E-state index in [9.17, 15) is 21.6 Å². The highest BCUT2D eigenvalue weighted by atomic mass is 32.2. The molecule has 0 aliphatic carbocycles. The molecule has 1 aromatic rings. The average Bonchev–Trinajstić information content (AvgIpc) is 2.27. The Hall–Kier alpha value is -1.42. The van der Waals surface area contributed by atoms with Crippen LogP contribution in [0.2, 0.25) is 0 Å². The molecule has 0 amide bonds. The second kappa shape index (κ2) is 4.35. The van der Waals surface area contributed by atoms with Crippen LogP contribution in [0, 0.1) is 0 Å². The second-order valence-corrected chi connectivity index (χ2v) is 5.77. The van der Waals surface area contributed by atoms with Gasteiger partial charge in [0.1, 0.15) is 0 Å². The molecule has 0 bridgehead atoms. The summed E-state index contributed by atoms with van der Waals surface area (Å²) in [5.74, 6) is 0. The molecule has 0 saturated heterocycles. The molecule has 0 fully saturated rings. The van der Waals surface area contributed by atoms with Gasteiger partial charge in [-0.1, -0.05) is 0 Å². The van der Waals surface area contributed by atoms with Crippen molar-refractivity contribution in [1.29, 1.82) is 0 Å². The molecule has 1 aliphatic heterocycles. The number of fused-ring (bicyclic) bond motifs is 1. The van der Waals surface area contributed by atoms with Gasteiger partial charge in [-0.2, -0.15) is 21.6 Å². The highest BCUT2D eigenvalue weighted by Crippen LogP contribution is 2.34. The van der Waals surface area contributed by atoms with Crippen molar-refractivity contribution in [3.05, 3.63) is 18.2 Å². The summed E-state index contributed by atoms with van der Waals surface area (Å²) in [5, 5.41) is 0. The third-order valence-corrected chi connectivity index (χ3v) is 3.84. The van der Waals surface area contributed by atoms with Crippen LogP contribution in [0.15, 0.2) is 28.1 Å². The molecule has 5 nitrogen and oxygen atoms in total. The summed E-state index contributed by atoms with van der Waals surface area (Å²) in [6.45, 7) is 0. The van der Waals surface area contributed by atoms with Gasteiger partial charge in [-0.25, -0.2) is 4.99 Å². The van der Waals surface area contributed by atoms with Crippen LogP contribution in [0.25, 0.3) is 0 Å². The molecule has 98 valence electrons. The Morgan fingerprint density at radius 3 is 2.72 bits per heavy atom. The maximum absolute atomic E-state index is 12.2. The molecule has 0 saturated carbocycles. The van der Waals surface area contributed by atoms with Gasteiger partial charge in [-0.3, -0.25) is 4.72 Å². The molecule has 18 heavy (non-hydrogen) atoms. The van der Waals surface area contributed by atoms with Crippen LogP contribution in [0.3, 0.4) is 0 Å². The maximum atomic E-state index is 12.2. The Morgan fingerprint density at radius 2 is 2.06 bits per heavy atom. The Kier molecular flexibility index (Phi) is 3.15. The lowest BCUT2D eigenvalue weighted by Gasteiger charge is -2.13. The van der Waals surface area contributed by atoms with Crippen molar-refractivity contribution in [2.24, 2.45) is 4.99 Å². The zero-order chi connectivity index (χ0) is 13.4. The molecule has 1 heterocycles. The van der Waals surface area contributed by atoms with Crippen LogP contribution in [0.1, 0.15) is 0 Å². The first-order chi connectivity index (χ1) is 8.29. The van der Waals surface area contributed by atoms with Gasteiger partial charge in [-0.15, -0.1) is 0 Å². The van der Waals surface area contributed by atoms with E-state index in [-0.39, 0.29) is 5.69 Å². The lowest BCUT2D eigenvalue weighted by Crippen LogP contribution is -2.29. The summed E-state index contributed by atoms with van der Waals surface area (Å²) in [4.78, 5) is 4.56. The number of sulfonamides is 1. The summed E-state index contributed by atoms with van der Waals surface area (Å²) in [7, 11) is -5.40. The van der Waals surface area contributed by atoms with E-state index in [0.29, 0.717) is 10.6 Å². The number of benzene rings is 1. The molecule has 1 aliphatic rings. The minimum Gasteiger partial charge on any atom is -0.316 e. The number of anilines is 1. The van der Waals surface area contributed by atoms with E-state index in [2.05, 4.69) is 9.71 Å². The Labute approximate surface area is 105 Å². The highest BCUT2D eigenvalue weighted by molar-refractivity contribution is 7.98. The fourth-order valence-corrected chi connectivity index (χ4v) is 2.30. The van der Waals surface area contributed by atoms with Gasteiger partial charge in [0, 0.05) is 0 Å². The third-order valence-electron chi connectivity index (χ3n) is 1.94.